The molecule has 1 aromatic rings. The van der Waals surface area contributed by atoms with Gasteiger partial charge in [0.2, 0.25) is 0 Å². The Kier molecular flexibility index (Phi) is 5.76. The fraction of sp³-hybridized carbons (Fsp3) is 0.462. The first-order valence-corrected chi connectivity index (χ1v) is 6.34. The zero-order chi connectivity index (χ0) is 15.1. The number of nitro benzene ring substituents is 1. The van der Waals surface area contributed by atoms with Crippen molar-refractivity contribution in [3.05, 3.63) is 28.3 Å². The molecule has 0 aliphatic carbocycles. The summed E-state index contributed by atoms with van der Waals surface area (Å²) in [5.41, 5.74) is 0.0928. The number of rotatable bonds is 8. The minimum Gasteiger partial charge on any atom is -0.487 e. The number of para-hydroxylation sites is 1. The molecule has 0 bridgehead atoms. The lowest BCUT2D eigenvalue weighted by Gasteiger charge is -2.12. The number of nitro groups is 1. The number of carbonyl (C=O) groups is 1. The van der Waals surface area contributed by atoms with E-state index in [2.05, 4.69) is 5.32 Å². The number of nitrogens with zero attached hydrogens (tertiary/aromatic N) is 1. The smallest absolute Gasteiger partial charge is 0.333 e. The molecule has 0 aromatic heterocycles. The van der Waals surface area contributed by atoms with E-state index in [0.29, 0.717) is 6.61 Å². The first kappa shape index (κ1) is 15.7. The molecule has 0 aliphatic rings. The molecule has 0 fully saturated rings. The minimum absolute atomic E-state index is 0.105. The maximum atomic E-state index is 11.2. The Labute approximate surface area is 116 Å². The van der Waals surface area contributed by atoms with Crippen molar-refractivity contribution in [3.63, 3.8) is 0 Å². The molecule has 2 N–H and O–H groups in total. The average Bonchev–Trinajstić information content (AvgIpc) is 2.41. The van der Waals surface area contributed by atoms with Gasteiger partial charge in [-0.3, -0.25) is 14.9 Å². The fourth-order valence-electron chi connectivity index (χ4n) is 1.53. The van der Waals surface area contributed by atoms with Crippen LogP contribution in [0.5, 0.6) is 5.75 Å². The molecule has 110 valence electrons. The van der Waals surface area contributed by atoms with Gasteiger partial charge >= 0.3 is 11.7 Å². The summed E-state index contributed by atoms with van der Waals surface area (Å²) in [5.74, 6) is -1.42. The van der Waals surface area contributed by atoms with Crippen molar-refractivity contribution in [2.75, 3.05) is 18.5 Å². The number of benzene rings is 1. The predicted octanol–water partition coefficient (Wildman–Crippen LogP) is 2.52. The second kappa shape index (κ2) is 7.32. The highest BCUT2D eigenvalue weighted by Crippen LogP contribution is 2.34. The van der Waals surface area contributed by atoms with Crippen LogP contribution in [0, 0.1) is 16.0 Å². The Bertz CT molecular complexity index is 490. The fourth-order valence-corrected chi connectivity index (χ4v) is 1.53. The molecule has 0 saturated heterocycles. The Hall–Kier alpha value is -2.31. The van der Waals surface area contributed by atoms with E-state index in [-0.39, 0.29) is 23.7 Å². The first-order valence-electron chi connectivity index (χ1n) is 6.34. The van der Waals surface area contributed by atoms with Gasteiger partial charge in [-0.1, -0.05) is 19.9 Å². The van der Waals surface area contributed by atoms with Crippen LogP contribution < -0.4 is 10.1 Å². The number of ether oxygens (including phenoxy) is 1. The van der Waals surface area contributed by atoms with Crippen LogP contribution in [-0.2, 0) is 4.79 Å². The highest BCUT2D eigenvalue weighted by molar-refractivity contribution is 5.72. The predicted molar refractivity (Wildman–Crippen MR) is 74.2 cm³/mol. The molecule has 0 saturated carbocycles. The summed E-state index contributed by atoms with van der Waals surface area (Å²) in [4.78, 5) is 21.4. The summed E-state index contributed by atoms with van der Waals surface area (Å²) >= 11 is 0. The molecule has 1 unspecified atom stereocenters. The van der Waals surface area contributed by atoms with Crippen molar-refractivity contribution in [3.8, 4) is 5.75 Å². The number of carboxylic acids is 1. The summed E-state index contributed by atoms with van der Waals surface area (Å²) in [5, 5.41) is 22.8. The molecule has 7 nitrogen and oxygen atoms in total. The number of anilines is 1. The van der Waals surface area contributed by atoms with Crippen molar-refractivity contribution in [1.82, 2.24) is 0 Å². The maximum Gasteiger partial charge on any atom is 0.333 e. The lowest BCUT2D eigenvalue weighted by molar-refractivity contribution is -0.385. The van der Waals surface area contributed by atoms with E-state index in [1.54, 1.807) is 6.07 Å². The van der Waals surface area contributed by atoms with Crippen LogP contribution in [0.15, 0.2) is 18.2 Å². The van der Waals surface area contributed by atoms with Gasteiger partial charge in [0.25, 0.3) is 0 Å². The standard InChI is InChI=1S/C13H18N2O5/c1-3-7-20-11-6-4-5-10(12(11)15(18)19)14-8-9(2)13(16)17/h4-6,9,14H,3,7-8H2,1-2H3,(H,16,17). The zero-order valence-electron chi connectivity index (χ0n) is 11.5. The molecule has 7 heteroatoms. The highest BCUT2D eigenvalue weighted by Gasteiger charge is 2.22. The first-order chi connectivity index (χ1) is 9.47. The minimum atomic E-state index is -0.960. The number of hydrogen-bond donors (Lipinski definition) is 2. The molecule has 0 aliphatic heterocycles. The van der Waals surface area contributed by atoms with Gasteiger partial charge < -0.3 is 15.2 Å². The van der Waals surface area contributed by atoms with Crippen LogP contribution in [0.1, 0.15) is 20.3 Å². The summed E-state index contributed by atoms with van der Waals surface area (Å²) in [6.45, 7) is 3.92. The van der Waals surface area contributed by atoms with Crippen molar-refractivity contribution in [1.29, 1.82) is 0 Å². The molecular weight excluding hydrogens is 264 g/mol. The van der Waals surface area contributed by atoms with Crippen molar-refractivity contribution >= 4 is 17.3 Å². The molecular formula is C13H18N2O5. The topological polar surface area (TPSA) is 102 Å². The SMILES string of the molecule is CCCOc1cccc(NCC(C)C(=O)O)c1[N+](=O)[O-]. The second-order valence-electron chi connectivity index (χ2n) is 4.38. The Morgan fingerprint density at radius 1 is 1.55 bits per heavy atom. The van der Waals surface area contributed by atoms with Gasteiger partial charge in [-0.15, -0.1) is 0 Å². The molecule has 1 atom stereocenters. The largest absolute Gasteiger partial charge is 0.487 e. The van der Waals surface area contributed by atoms with E-state index in [0.717, 1.165) is 6.42 Å². The van der Waals surface area contributed by atoms with E-state index in [1.165, 1.54) is 19.1 Å². The van der Waals surface area contributed by atoms with Gasteiger partial charge in [-0.25, -0.2) is 0 Å². The molecule has 0 amide bonds. The van der Waals surface area contributed by atoms with E-state index < -0.39 is 16.8 Å². The molecule has 0 heterocycles. The quantitative estimate of drug-likeness (QED) is 0.561. The maximum absolute atomic E-state index is 11.2. The number of hydrogen-bond acceptors (Lipinski definition) is 5. The van der Waals surface area contributed by atoms with Crippen LogP contribution in [0.3, 0.4) is 0 Å². The van der Waals surface area contributed by atoms with Gasteiger partial charge in [0.05, 0.1) is 17.4 Å². The summed E-state index contributed by atoms with van der Waals surface area (Å²) in [6.07, 6.45) is 0.741. The number of nitrogens with one attached hydrogen (secondary N) is 1. The van der Waals surface area contributed by atoms with Crippen LogP contribution >= 0.6 is 0 Å². The number of aliphatic carboxylic acids is 1. The lowest BCUT2D eigenvalue weighted by Crippen LogP contribution is -2.20. The van der Waals surface area contributed by atoms with Crippen LogP contribution in [0.4, 0.5) is 11.4 Å². The molecule has 0 spiro atoms. The van der Waals surface area contributed by atoms with Crippen molar-refractivity contribution < 1.29 is 19.6 Å². The molecule has 0 radical (unpaired) electrons. The summed E-state index contributed by atoms with van der Waals surface area (Å²) < 4.78 is 5.34. The van der Waals surface area contributed by atoms with Gasteiger partial charge in [0, 0.05) is 6.54 Å². The third-order valence-corrected chi connectivity index (χ3v) is 2.66. The Morgan fingerprint density at radius 2 is 2.25 bits per heavy atom. The van der Waals surface area contributed by atoms with E-state index >= 15 is 0 Å². The van der Waals surface area contributed by atoms with Crippen LogP contribution in [0.25, 0.3) is 0 Å². The van der Waals surface area contributed by atoms with Gasteiger partial charge in [0.15, 0.2) is 5.75 Å². The van der Waals surface area contributed by atoms with Crippen LogP contribution in [-0.4, -0.2) is 29.2 Å². The average molecular weight is 282 g/mol. The summed E-state index contributed by atoms with van der Waals surface area (Å²) in [6, 6.07) is 4.69. The molecule has 20 heavy (non-hydrogen) atoms. The monoisotopic (exact) mass is 282 g/mol. The van der Waals surface area contributed by atoms with E-state index in [9.17, 15) is 14.9 Å². The molecule has 1 rings (SSSR count). The van der Waals surface area contributed by atoms with Gasteiger partial charge in [-0.05, 0) is 18.6 Å². The second-order valence-corrected chi connectivity index (χ2v) is 4.38. The normalized spacial score (nSPS) is 11.7. The van der Waals surface area contributed by atoms with Crippen molar-refractivity contribution in [2.24, 2.45) is 5.92 Å². The van der Waals surface area contributed by atoms with Crippen LogP contribution in [0.2, 0.25) is 0 Å². The van der Waals surface area contributed by atoms with Crippen molar-refractivity contribution in [2.45, 2.75) is 20.3 Å². The zero-order valence-corrected chi connectivity index (χ0v) is 11.5. The van der Waals surface area contributed by atoms with Gasteiger partial charge in [-0.2, -0.15) is 0 Å². The third-order valence-electron chi connectivity index (χ3n) is 2.66. The van der Waals surface area contributed by atoms with E-state index in [4.69, 9.17) is 9.84 Å². The summed E-state index contributed by atoms with van der Waals surface area (Å²) in [7, 11) is 0. The Morgan fingerprint density at radius 3 is 2.80 bits per heavy atom. The highest BCUT2D eigenvalue weighted by atomic mass is 16.6. The Balaban J connectivity index is 2.94. The van der Waals surface area contributed by atoms with E-state index in [1.807, 2.05) is 6.92 Å². The number of carboxylic acid groups (broad SMARTS) is 1. The molecule has 1 aromatic carbocycles. The lowest BCUT2D eigenvalue weighted by atomic mass is 10.1. The van der Waals surface area contributed by atoms with Gasteiger partial charge in [0.1, 0.15) is 5.69 Å². The third kappa shape index (κ3) is 4.11.